The van der Waals surface area contributed by atoms with E-state index in [0.717, 1.165) is 0 Å². The molecule has 0 aliphatic carbocycles. The molecule has 3 N–H and O–H groups in total. The molecule has 1 amide bonds. The van der Waals surface area contributed by atoms with Crippen molar-refractivity contribution >= 4 is 5.91 Å². The number of hydrogen-bond acceptors (Lipinski definition) is 4. The molecule has 1 aromatic rings. The Hall–Kier alpha value is -2.06. The highest BCUT2D eigenvalue weighted by molar-refractivity contribution is 5.84. The number of carbonyl (C=O) groups is 1. The molecule has 0 fully saturated rings. The van der Waals surface area contributed by atoms with Gasteiger partial charge in [0.2, 0.25) is 0 Å². The Bertz CT molecular complexity index is 435. The number of nitrogens with two attached hydrogens (primary N) is 1. The van der Waals surface area contributed by atoms with Crippen LogP contribution in [0.1, 0.15) is 19.4 Å². The lowest BCUT2D eigenvalue weighted by molar-refractivity contribution is -0.134. The molecule has 0 aromatic heterocycles. The third-order valence-electron chi connectivity index (χ3n) is 2.01. The normalized spacial score (nSPS) is 10.4. The zero-order chi connectivity index (χ0) is 12.2. The smallest absolute Gasteiger partial charge is 0.277 e. The maximum atomic E-state index is 11.4. The van der Waals surface area contributed by atoms with Crippen molar-refractivity contribution in [1.82, 2.24) is 5.43 Å². The average molecular weight is 219 g/mol. The van der Waals surface area contributed by atoms with Gasteiger partial charge in [-0.15, -0.1) is 0 Å². The van der Waals surface area contributed by atoms with E-state index in [9.17, 15) is 4.79 Å². The number of carbonyl (C=O) groups excluding carboxylic acids is 1. The van der Waals surface area contributed by atoms with Gasteiger partial charge in [-0.2, -0.15) is 5.26 Å². The summed E-state index contributed by atoms with van der Waals surface area (Å²) < 4.78 is 5.45. The second-order valence-electron chi connectivity index (χ2n) is 3.73. The fourth-order valence-corrected chi connectivity index (χ4v) is 1.14. The van der Waals surface area contributed by atoms with Gasteiger partial charge in [0.25, 0.3) is 5.91 Å². The molecule has 0 saturated carbocycles. The summed E-state index contributed by atoms with van der Waals surface area (Å²) in [6.07, 6.45) is 0. The topological polar surface area (TPSA) is 88.1 Å². The molecule has 0 spiro atoms. The van der Waals surface area contributed by atoms with Crippen LogP contribution < -0.4 is 16.0 Å². The van der Waals surface area contributed by atoms with Crippen LogP contribution in [0.4, 0.5) is 0 Å². The lowest BCUT2D eigenvalue weighted by atomic mass is 10.1. The summed E-state index contributed by atoms with van der Waals surface area (Å²) in [5.74, 6) is 5.05. The van der Waals surface area contributed by atoms with Gasteiger partial charge in [0.15, 0.2) is 5.60 Å². The molecule has 84 valence electrons. The average Bonchev–Trinajstić information content (AvgIpc) is 2.27. The summed E-state index contributed by atoms with van der Waals surface area (Å²) >= 11 is 0. The van der Waals surface area contributed by atoms with E-state index in [1.165, 1.54) is 0 Å². The molecule has 1 rings (SSSR count). The molecule has 0 radical (unpaired) electrons. The summed E-state index contributed by atoms with van der Waals surface area (Å²) in [7, 11) is 0. The molecule has 16 heavy (non-hydrogen) atoms. The first kappa shape index (κ1) is 12.0. The van der Waals surface area contributed by atoms with E-state index in [2.05, 4.69) is 0 Å². The maximum Gasteiger partial charge on any atom is 0.277 e. The molecule has 0 atom stereocenters. The minimum absolute atomic E-state index is 0.435. The fraction of sp³-hybridized carbons (Fsp3) is 0.273. The number of rotatable bonds is 3. The van der Waals surface area contributed by atoms with E-state index in [4.69, 9.17) is 15.8 Å². The Morgan fingerprint density at radius 3 is 2.81 bits per heavy atom. The van der Waals surface area contributed by atoms with E-state index in [0.29, 0.717) is 11.3 Å². The monoisotopic (exact) mass is 219 g/mol. The van der Waals surface area contributed by atoms with Gasteiger partial charge in [-0.1, -0.05) is 6.07 Å². The molecular formula is C11H13N3O2. The first-order valence-electron chi connectivity index (χ1n) is 4.70. The Morgan fingerprint density at radius 1 is 1.56 bits per heavy atom. The number of hydrogen-bond donors (Lipinski definition) is 2. The Balaban J connectivity index is 2.88. The Kier molecular flexibility index (Phi) is 3.48. The lowest BCUT2D eigenvalue weighted by Crippen LogP contribution is -2.49. The predicted molar refractivity (Wildman–Crippen MR) is 58.2 cm³/mol. The minimum atomic E-state index is -1.08. The molecule has 0 bridgehead atoms. The second-order valence-corrected chi connectivity index (χ2v) is 3.73. The molecule has 0 aliphatic rings. The number of ether oxygens (including phenoxy) is 1. The highest BCUT2D eigenvalue weighted by Gasteiger charge is 2.29. The van der Waals surface area contributed by atoms with Crippen molar-refractivity contribution in [1.29, 1.82) is 5.26 Å². The number of nitrogens with one attached hydrogen (secondary N) is 1. The van der Waals surface area contributed by atoms with Crippen LogP contribution in [-0.4, -0.2) is 11.5 Å². The summed E-state index contributed by atoms with van der Waals surface area (Å²) in [6, 6.07) is 8.57. The number of nitriles is 1. The quantitative estimate of drug-likeness (QED) is 0.445. The van der Waals surface area contributed by atoms with Crippen LogP contribution in [0.3, 0.4) is 0 Å². The largest absolute Gasteiger partial charge is 0.478 e. The highest BCUT2D eigenvalue weighted by Crippen LogP contribution is 2.19. The van der Waals surface area contributed by atoms with E-state index >= 15 is 0 Å². The first-order valence-corrected chi connectivity index (χ1v) is 4.70. The number of hydrazine groups is 1. The van der Waals surface area contributed by atoms with Gasteiger partial charge in [0, 0.05) is 0 Å². The SMILES string of the molecule is CC(C)(Oc1cccc(C#N)c1)C(=O)NN. The van der Waals surface area contributed by atoms with Crippen LogP contribution in [0.2, 0.25) is 0 Å². The zero-order valence-electron chi connectivity index (χ0n) is 9.15. The van der Waals surface area contributed by atoms with Crippen molar-refractivity contribution in [3.05, 3.63) is 29.8 Å². The van der Waals surface area contributed by atoms with Crippen molar-refractivity contribution in [2.24, 2.45) is 5.84 Å². The van der Waals surface area contributed by atoms with Crippen LogP contribution >= 0.6 is 0 Å². The van der Waals surface area contributed by atoms with Crippen LogP contribution in [0.25, 0.3) is 0 Å². The number of benzene rings is 1. The number of amides is 1. The van der Waals surface area contributed by atoms with E-state index in [1.807, 2.05) is 11.5 Å². The summed E-state index contributed by atoms with van der Waals surface area (Å²) in [4.78, 5) is 11.4. The van der Waals surface area contributed by atoms with Gasteiger partial charge in [0.05, 0.1) is 11.6 Å². The van der Waals surface area contributed by atoms with Gasteiger partial charge in [-0.05, 0) is 32.0 Å². The number of nitrogens with zero attached hydrogens (tertiary/aromatic N) is 1. The van der Waals surface area contributed by atoms with Crippen molar-refractivity contribution < 1.29 is 9.53 Å². The predicted octanol–water partition coefficient (Wildman–Crippen LogP) is 0.706. The second kappa shape index (κ2) is 4.64. The molecule has 5 nitrogen and oxygen atoms in total. The first-order chi connectivity index (χ1) is 7.49. The molecule has 0 heterocycles. The standard InChI is InChI=1S/C11H13N3O2/c1-11(2,10(15)14-13)16-9-5-3-4-8(6-9)7-12/h3-6H,13H2,1-2H3,(H,14,15). The van der Waals surface area contributed by atoms with Crippen molar-refractivity contribution in [2.45, 2.75) is 19.4 Å². The van der Waals surface area contributed by atoms with Gasteiger partial charge in [0.1, 0.15) is 5.75 Å². The lowest BCUT2D eigenvalue weighted by Gasteiger charge is -2.24. The summed E-state index contributed by atoms with van der Waals surface area (Å²) in [5.41, 5.74) is 1.42. The van der Waals surface area contributed by atoms with Crippen LogP contribution in [-0.2, 0) is 4.79 Å². The van der Waals surface area contributed by atoms with Crippen LogP contribution in [0, 0.1) is 11.3 Å². The van der Waals surface area contributed by atoms with Crippen LogP contribution in [0.5, 0.6) is 5.75 Å². The molecule has 0 saturated heterocycles. The minimum Gasteiger partial charge on any atom is -0.478 e. The van der Waals surface area contributed by atoms with E-state index in [-0.39, 0.29) is 0 Å². The van der Waals surface area contributed by atoms with Crippen LogP contribution in [0.15, 0.2) is 24.3 Å². The van der Waals surface area contributed by atoms with Gasteiger partial charge in [-0.25, -0.2) is 5.84 Å². The molecule has 5 heteroatoms. The van der Waals surface area contributed by atoms with Crippen molar-refractivity contribution in [2.75, 3.05) is 0 Å². The third kappa shape index (κ3) is 2.72. The zero-order valence-corrected chi connectivity index (χ0v) is 9.15. The molecule has 0 aliphatic heterocycles. The van der Waals surface area contributed by atoms with Crippen molar-refractivity contribution in [3.8, 4) is 11.8 Å². The van der Waals surface area contributed by atoms with Crippen molar-refractivity contribution in [3.63, 3.8) is 0 Å². The van der Waals surface area contributed by atoms with Gasteiger partial charge >= 0.3 is 0 Å². The fourth-order valence-electron chi connectivity index (χ4n) is 1.14. The highest BCUT2D eigenvalue weighted by atomic mass is 16.5. The molecule has 1 aromatic carbocycles. The molecule has 0 unspecified atom stereocenters. The van der Waals surface area contributed by atoms with Gasteiger partial charge in [-0.3, -0.25) is 10.2 Å². The summed E-state index contributed by atoms with van der Waals surface area (Å²) in [5, 5.41) is 8.71. The molecular weight excluding hydrogens is 206 g/mol. The van der Waals surface area contributed by atoms with Gasteiger partial charge < -0.3 is 4.74 Å². The third-order valence-corrected chi connectivity index (χ3v) is 2.01. The Labute approximate surface area is 93.8 Å². The van der Waals surface area contributed by atoms with E-state index in [1.54, 1.807) is 38.1 Å². The summed E-state index contributed by atoms with van der Waals surface area (Å²) in [6.45, 7) is 3.18. The maximum absolute atomic E-state index is 11.4. The van der Waals surface area contributed by atoms with E-state index < -0.39 is 11.5 Å². The Morgan fingerprint density at radius 2 is 2.25 bits per heavy atom.